The van der Waals surface area contributed by atoms with Crippen LogP contribution in [0.1, 0.15) is 121 Å². The minimum atomic E-state index is -0.365. The van der Waals surface area contributed by atoms with E-state index in [0.29, 0.717) is 6.54 Å². The standard InChI is InChI=1S/C27H47NO3/c1-2-3-4-5-6-7-8-9-10-11-12-13-14-15-16-17-21-28-27(30)31-24-26-20-18-19-25(22-26)23-29/h18-20,22,29H,2-17,21,23-24H2,1H3,(H,28,30). The van der Waals surface area contributed by atoms with Crippen LogP contribution < -0.4 is 5.32 Å². The Morgan fingerprint density at radius 3 is 1.77 bits per heavy atom. The second-order valence-electron chi connectivity index (χ2n) is 8.78. The zero-order chi connectivity index (χ0) is 22.4. The van der Waals surface area contributed by atoms with Gasteiger partial charge in [0.15, 0.2) is 0 Å². The molecule has 0 spiro atoms. The number of rotatable bonds is 20. The van der Waals surface area contributed by atoms with E-state index in [1.807, 2.05) is 24.3 Å². The first kappa shape index (κ1) is 27.5. The number of unbranched alkanes of at least 4 members (excludes halogenated alkanes) is 15. The molecule has 1 aromatic rings. The van der Waals surface area contributed by atoms with Crippen molar-refractivity contribution in [1.29, 1.82) is 0 Å². The summed E-state index contributed by atoms with van der Waals surface area (Å²) in [7, 11) is 0. The first-order valence-corrected chi connectivity index (χ1v) is 12.9. The number of aliphatic hydroxyl groups excluding tert-OH is 1. The second kappa shape index (κ2) is 20.4. The Morgan fingerprint density at radius 1 is 0.774 bits per heavy atom. The molecule has 0 atom stereocenters. The molecule has 1 amide bonds. The van der Waals surface area contributed by atoms with Crippen molar-refractivity contribution in [1.82, 2.24) is 5.32 Å². The van der Waals surface area contributed by atoms with Crippen molar-refractivity contribution in [2.45, 2.75) is 123 Å². The monoisotopic (exact) mass is 433 g/mol. The van der Waals surface area contributed by atoms with E-state index in [9.17, 15) is 4.79 Å². The van der Waals surface area contributed by atoms with Crippen LogP contribution in [0.3, 0.4) is 0 Å². The number of ether oxygens (including phenoxy) is 1. The Morgan fingerprint density at radius 2 is 1.26 bits per heavy atom. The van der Waals surface area contributed by atoms with Gasteiger partial charge in [-0.05, 0) is 17.5 Å². The molecule has 0 heterocycles. The molecule has 4 heteroatoms. The number of carbonyl (C=O) groups excluding carboxylic acids is 1. The lowest BCUT2D eigenvalue weighted by Crippen LogP contribution is -2.25. The number of carbonyl (C=O) groups is 1. The van der Waals surface area contributed by atoms with Gasteiger partial charge in [0.25, 0.3) is 0 Å². The maximum Gasteiger partial charge on any atom is 0.407 e. The van der Waals surface area contributed by atoms with E-state index in [4.69, 9.17) is 9.84 Å². The smallest absolute Gasteiger partial charge is 0.407 e. The van der Waals surface area contributed by atoms with Crippen LogP contribution in [-0.2, 0) is 18.0 Å². The number of alkyl carbamates (subject to hydrolysis) is 1. The highest BCUT2D eigenvalue weighted by Gasteiger charge is 2.03. The molecule has 0 saturated carbocycles. The number of hydrogen-bond donors (Lipinski definition) is 2. The summed E-state index contributed by atoms with van der Waals surface area (Å²) in [6, 6.07) is 7.45. The number of nitrogens with one attached hydrogen (secondary N) is 1. The van der Waals surface area contributed by atoms with Crippen molar-refractivity contribution in [3.63, 3.8) is 0 Å². The van der Waals surface area contributed by atoms with Crippen molar-refractivity contribution >= 4 is 6.09 Å². The van der Waals surface area contributed by atoms with Gasteiger partial charge >= 0.3 is 6.09 Å². The quantitative estimate of drug-likeness (QED) is 0.207. The third-order valence-corrected chi connectivity index (χ3v) is 5.84. The maximum atomic E-state index is 11.7. The van der Waals surface area contributed by atoms with Crippen molar-refractivity contribution in [3.05, 3.63) is 35.4 Å². The van der Waals surface area contributed by atoms with Gasteiger partial charge in [0.05, 0.1) is 6.61 Å². The highest BCUT2D eigenvalue weighted by molar-refractivity contribution is 5.67. The average Bonchev–Trinajstić information content (AvgIpc) is 2.80. The van der Waals surface area contributed by atoms with Gasteiger partial charge in [-0.25, -0.2) is 4.79 Å². The first-order chi connectivity index (χ1) is 15.3. The average molecular weight is 434 g/mol. The molecule has 0 aliphatic rings. The van der Waals surface area contributed by atoms with Crippen LogP contribution in [0, 0.1) is 0 Å². The summed E-state index contributed by atoms with van der Waals surface area (Å²) in [6.45, 7) is 3.19. The molecule has 1 rings (SSSR count). The van der Waals surface area contributed by atoms with Crippen LogP contribution in [0.4, 0.5) is 4.79 Å². The Kier molecular flexibility index (Phi) is 18.0. The van der Waals surface area contributed by atoms with Crippen LogP contribution in [0.2, 0.25) is 0 Å². The van der Waals surface area contributed by atoms with Crippen molar-refractivity contribution in [2.75, 3.05) is 6.54 Å². The van der Waals surface area contributed by atoms with E-state index < -0.39 is 0 Å². The summed E-state index contributed by atoms with van der Waals surface area (Å²) in [5.74, 6) is 0. The summed E-state index contributed by atoms with van der Waals surface area (Å²) in [5, 5.41) is 12.0. The molecule has 1 aromatic carbocycles. The van der Waals surface area contributed by atoms with E-state index >= 15 is 0 Å². The minimum absolute atomic E-state index is 0.000704. The SMILES string of the molecule is CCCCCCCCCCCCCCCCCCNC(=O)OCc1cccc(CO)c1. The Hall–Kier alpha value is -1.55. The fourth-order valence-corrected chi connectivity index (χ4v) is 3.88. The molecule has 178 valence electrons. The molecule has 0 aromatic heterocycles. The van der Waals surface area contributed by atoms with E-state index in [2.05, 4.69) is 12.2 Å². The van der Waals surface area contributed by atoms with Crippen LogP contribution in [0.25, 0.3) is 0 Å². The molecule has 2 N–H and O–H groups in total. The van der Waals surface area contributed by atoms with Gasteiger partial charge in [0.2, 0.25) is 0 Å². The lowest BCUT2D eigenvalue weighted by molar-refractivity contribution is 0.139. The van der Waals surface area contributed by atoms with Crippen molar-refractivity contribution < 1.29 is 14.6 Å². The van der Waals surface area contributed by atoms with Gasteiger partial charge in [0, 0.05) is 6.54 Å². The zero-order valence-electron chi connectivity index (χ0n) is 20.0. The van der Waals surface area contributed by atoms with Gasteiger partial charge in [-0.15, -0.1) is 0 Å². The zero-order valence-corrected chi connectivity index (χ0v) is 20.0. The number of benzene rings is 1. The number of aliphatic hydroxyl groups is 1. The van der Waals surface area contributed by atoms with Crippen LogP contribution in [0.15, 0.2) is 24.3 Å². The summed E-state index contributed by atoms with van der Waals surface area (Å²) in [6.07, 6.45) is 21.2. The lowest BCUT2D eigenvalue weighted by atomic mass is 10.0. The maximum absolute atomic E-state index is 11.7. The summed E-state index contributed by atoms with van der Waals surface area (Å²) >= 11 is 0. The molecular formula is C27H47NO3. The third kappa shape index (κ3) is 16.8. The van der Waals surface area contributed by atoms with Gasteiger partial charge in [0.1, 0.15) is 6.61 Å². The van der Waals surface area contributed by atoms with Crippen molar-refractivity contribution in [2.24, 2.45) is 0 Å². The normalized spacial score (nSPS) is 10.9. The molecule has 4 nitrogen and oxygen atoms in total. The highest BCUT2D eigenvalue weighted by Crippen LogP contribution is 2.13. The topological polar surface area (TPSA) is 58.6 Å². The first-order valence-electron chi connectivity index (χ1n) is 12.9. The number of hydrogen-bond acceptors (Lipinski definition) is 3. The van der Waals surface area contributed by atoms with Gasteiger partial charge in [-0.2, -0.15) is 0 Å². The Balaban J connectivity index is 1.80. The van der Waals surface area contributed by atoms with E-state index in [1.165, 1.54) is 89.9 Å². The molecule has 0 fully saturated rings. The fraction of sp³-hybridized carbons (Fsp3) is 0.741. The largest absolute Gasteiger partial charge is 0.445 e. The molecule has 0 aliphatic heterocycles. The molecule has 0 bridgehead atoms. The van der Waals surface area contributed by atoms with Crippen LogP contribution in [0.5, 0.6) is 0 Å². The molecular weight excluding hydrogens is 386 g/mol. The summed E-state index contributed by atoms with van der Waals surface area (Å²) in [5.41, 5.74) is 1.72. The van der Waals surface area contributed by atoms with E-state index in [0.717, 1.165) is 24.0 Å². The fourth-order valence-electron chi connectivity index (χ4n) is 3.88. The van der Waals surface area contributed by atoms with Gasteiger partial charge in [-0.1, -0.05) is 128 Å². The molecule has 0 aliphatic carbocycles. The predicted octanol–water partition coefficient (Wildman–Crippen LogP) is 7.67. The second-order valence-corrected chi connectivity index (χ2v) is 8.78. The Labute approximate surface area is 191 Å². The Bertz CT molecular complexity index is 547. The number of amides is 1. The lowest BCUT2D eigenvalue weighted by Gasteiger charge is -2.08. The molecule has 0 saturated heterocycles. The molecule has 0 unspecified atom stereocenters. The van der Waals surface area contributed by atoms with Gasteiger partial charge < -0.3 is 15.2 Å². The van der Waals surface area contributed by atoms with Crippen LogP contribution in [-0.4, -0.2) is 17.7 Å². The molecule has 0 radical (unpaired) electrons. The highest BCUT2D eigenvalue weighted by atomic mass is 16.5. The van der Waals surface area contributed by atoms with E-state index in [1.54, 1.807) is 0 Å². The summed E-state index contributed by atoms with van der Waals surface area (Å²) in [4.78, 5) is 11.7. The molecule has 31 heavy (non-hydrogen) atoms. The van der Waals surface area contributed by atoms with Crippen LogP contribution >= 0.6 is 0 Å². The minimum Gasteiger partial charge on any atom is -0.445 e. The van der Waals surface area contributed by atoms with E-state index in [-0.39, 0.29) is 19.3 Å². The van der Waals surface area contributed by atoms with Crippen molar-refractivity contribution in [3.8, 4) is 0 Å². The van der Waals surface area contributed by atoms with Gasteiger partial charge in [-0.3, -0.25) is 0 Å². The third-order valence-electron chi connectivity index (χ3n) is 5.84. The predicted molar refractivity (Wildman–Crippen MR) is 130 cm³/mol. The summed E-state index contributed by atoms with van der Waals surface area (Å²) < 4.78 is 5.22.